The molecule has 3 nitrogen and oxygen atoms in total. The molecule has 0 heterocycles. The van der Waals surface area contributed by atoms with Crippen LogP contribution in [-0.2, 0) is 4.74 Å². The van der Waals surface area contributed by atoms with Crippen molar-refractivity contribution in [3.05, 3.63) is 0 Å². The second-order valence-corrected chi connectivity index (χ2v) is 3.94. The van der Waals surface area contributed by atoms with Crippen molar-refractivity contribution in [3.63, 3.8) is 0 Å². The SMILES string of the molecule is CCOC1CC(NCC(C)CO)C1. The fourth-order valence-electron chi connectivity index (χ4n) is 1.54. The summed E-state index contributed by atoms with van der Waals surface area (Å²) in [5, 5.41) is 12.2. The monoisotopic (exact) mass is 187 g/mol. The highest BCUT2D eigenvalue weighted by atomic mass is 16.5. The van der Waals surface area contributed by atoms with E-state index in [1.165, 1.54) is 0 Å². The van der Waals surface area contributed by atoms with Gasteiger partial charge >= 0.3 is 0 Å². The van der Waals surface area contributed by atoms with Crippen molar-refractivity contribution in [3.8, 4) is 0 Å². The zero-order valence-electron chi connectivity index (χ0n) is 8.62. The fraction of sp³-hybridized carbons (Fsp3) is 1.00. The third-order valence-electron chi connectivity index (χ3n) is 2.56. The lowest BCUT2D eigenvalue weighted by molar-refractivity contribution is -0.0108. The lowest BCUT2D eigenvalue weighted by atomic mass is 9.89. The van der Waals surface area contributed by atoms with Crippen LogP contribution in [0, 0.1) is 5.92 Å². The Morgan fingerprint density at radius 1 is 1.54 bits per heavy atom. The Labute approximate surface area is 80.5 Å². The first-order valence-electron chi connectivity index (χ1n) is 5.22. The quantitative estimate of drug-likeness (QED) is 0.645. The van der Waals surface area contributed by atoms with Gasteiger partial charge < -0.3 is 15.2 Å². The molecule has 1 saturated carbocycles. The Morgan fingerprint density at radius 2 is 2.23 bits per heavy atom. The standard InChI is InChI=1S/C10H21NO2/c1-3-13-10-4-9(5-10)11-6-8(2)7-12/h8-12H,3-7H2,1-2H3. The molecule has 1 fully saturated rings. The van der Waals surface area contributed by atoms with Gasteiger partial charge in [-0.25, -0.2) is 0 Å². The number of nitrogens with one attached hydrogen (secondary N) is 1. The van der Waals surface area contributed by atoms with Crippen molar-refractivity contribution in [1.82, 2.24) is 5.32 Å². The van der Waals surface area contributed by atoms with E-state index in [2.05, 4.69) is 5.32 Å². The van der Waals surface area contributed by atoms with Crippen LogP contribution < -0.4 is 5.32 Å². The molecule has 13 heavy (non-hydrogen) atoms. The molecule has 1 unspecified atom stereocenters. The van der Waals surface area contributed by atoms with E-state index in [-0.39, 0.29) is 6.61 Å². The van der Waals surface area contributed by atoms with Crippen LogP contribution in [0.1, 0.15) is 26.7 Å². The lowest BCUT2D eigenvalue weighted by Gasteiger charge is -2.36. The summed E-state index contributed by atoms with van der Waals surface area (Å²) >= 11 is 0. The highest BCUT2D eigenvalue weighted by Gasteiger charge is 2.28. The maximum absolute atomic E-state index is 8.81. The van der Waals surface area contributed by atoms with E-state index in [0.717, 1.165) is 26.0 Å². The molecule has 0 aliphatic heterocycles. The van der Waals surface area contributed by atoms with Gasteiger partial charge in [0.15, 0.2) is 0 Å². The predicted octanol–water partition coefficient (Wildman–Crippen LogP) is 0.772. The smallest absolute Gasteiger partial charge is 0.0604 e. The summed E-state index contributed by atoms with van der Waals surface area (Å²) in [4.78, 5) is 0. The highest BCUT2D eigenvalue weighted by Crippen LogP contribution is 2.23. The normalized spacial score (nSPS) is 29.8. The van der Waals surface area contributed by atoms with Crippen LogP contribution in [-0.4, -0.2) is 37.0 Å². The zero-order chi connectivity index (χ0) is 9.68. The zero-order valence-corrected chi connectivity index (χ0v) is 8.62. The summed E-state index contributed by atoms with van der Waals surface area (Å²) < 4.78 is 5.45. The van der Waals surface area contributed by atoms with Crippen molar-refractivity contribution in [1.29, 1.82) is 0 Å². The minimum atomic E-state index is 0.272. The van der Waals surface area contributed by atoms with E-state index in [1.807, 2.05) is 13.8 Å². The van der Waals surface area contributed by atoms with Gasteiger partial charge in [0, 0.05) is 25.8 Å². The fourth-order valence-corrected chi connectivity index (χ4v) is 1.54. The molecular weight excluding hydrogens is 166 g/mol. The van der Waals surface area contributed by atoms with E-state index in [0.29, 0.717) is 18.1 Å². The minimum Gasteiger partial charge on any atom is -0.396 e. The number of hydrogen-bond donors (Lipinski definition) is 2. The van der Waals surface area contributed by atoms with Gasteiger partial charge in [-0.1, -0.05) is 6.92 Å². The highest BCUT2D eigenvalue weighted by molar-refractivity contribution is 4.86. The maximum Gasteiger partial charge on any atom is 0.0604 e. The Hall–Kier alpha value is -0.120. The molecule has 0 bridgehead atoms. The molecule has 78 valence electrons. The van der Waals surface area contributed by atoms with Crippen LogP contribution in [0.3, 0.4) is 0 Å². The first kappa shape index (κ1) is 11.0. The Bertz CT molecular complexity index is 135. The minimum absolute atomic E-state index is 0.272. The number of rotatable bonds is 6. The molecular formula is C10H21NO2. The number of ether oxygens (including phenoxy) is 1. The second-order valence-electron chi connectivity index (χ2n) is 3.94. The van der Waals surface area contributed by atoms with E-state index < -0.39 is 0 Å². The Kier molecular flexibility index (Phi) is 4.70. The van der Waals surface area contributed by atoms with Gasteiger partial charge in [0.2, 0.25) is 0 Å². The van der Waals surface area contributed by atoms with Crippen molar-refractivity contribution in [2.24, 2.45) is 5.92 Å². The molecule has 2 N–H and O–H groups in total. The van der Waals surface area contributed by atoms with Crippen molar-refractivity contribution >= 4 is 0 Å². The largest absolute Gasteiger partial charge is 0.396 e. The third kappa shape index (κ3) is 3.63. The number of aliphatic hydroxyl groups excluding tert-OH is 1. The van der Waals surface area contributed by atoms with Gasteiger partial charge in [-0.2, -0.15) is 0 Å². The molecule has 1 atom stereocenters. The molecule has 3 heteroatoms. The van der Waals surface area contributed by atoms with Gasteiger partial charge in [-0.3, -0.25) is 0 Å². The van der Waals surface area contributed by atoms with E-state index in [1.54, 1.807) is 0 Å². The second kappa shape index (κ2) is 5.58. The molecule has 1 rings (SSSR count). The number of hydrogen-bond acceptors (Lipinski definition) is 3. The maximum atomic E-state index is 8.81. The molecule has 0 radical (unpaired) electrons. The molecule has 0 saturated heterocycles. The summed E-state index contributed by atoms with van der Waals surface area (Å²) in [5.74, 6) is 0.367. The van der Waals surface area contributed by atoms with Crippen LogP contribution in [0.2, 0.25) is 0 Å². The van der Waals surface area contributed by atoms with E-state index in [4.69, 9.17) is 9.84 Å². The number of aliphatic hydroxyl groups is 1. The summed E-state index contributed by atoms with van der Waals surface area (Å²) in [7, 11) is 0. The average molecular weight is 187 g/mol. The Balaban J connectivity index is 1.95. The van der Waals surface area contributed by atoms with Crippen molar-refractivity contribution in [2.45, 2.75) is 38.8 Å². The molecule has 0 amide bonds. The molecule has 0 aromatic rings. The summed E-state index contributed by atoms with van der Waals surface area (Å²) in [5.41, 5.74) is 0. The van der Waals surface area contributed by atoms with Gasteiger partial charge in [0.25, 0.3) is 0 Å². The van der Waals surface area contributed by atoms with Crippen LogP contribution in [0.25, 0.3) is 0 Å². The summed E-state index contributed by atoms with van der Waals surface area (Å²) in [6.07, 6.45) is 2.74. The summed E-state index contributed by atoms with van der Waals surface area (Å²) in [6.45, 7) is 6.10. The van der Waals surface area contributed by atoms with Crippen molar-refractivity contribution in [2.75, 3.05) is 19.8 Å². The van der Waals surface area contributed by atoms with Gasteiger partial charge in [0.05, 0.1) is 6.10 Å². The van der Waals surface area contributed by atoms with Gasteiger partial charge in [-0.15, -0.1) is 0 Å². The third-order valence-corrected chi connectivity index (χ3v) is 2.56. The predicted molar refractivity (Wildman–Crippen MR) is 52.7 cm³/mol. The van der Waals surface area contributed by atoms with Crippen molar-refractivity contribution < 1.29 is 9.84 Å². The van der Waals surface area contributed by atoms with Crippen LogP contribution in [0.15, 0.2) is 0 Å². The van der Waals surface area contributed by atoms with Crippen LogP contribution >= 0.6 is 0 Å². The molecule has 1 aliphatic carbocycles. The van der Waals surface area contributed by atoms with Gasteiger partial charge in [0.1, 0.15) is 0 Å². The molecule has 1 aliphatic rings. The average Bonchev–Trinajstić information content (AvgIpc) is 2.08. The van der Waals surface area contributed by atoms with Crippen LogP contribution in [0.5, 0.6) is 0 Å². The lowest BCUT2D eigenvalue weighted by Crippen LogP contribution is -2.46. The topological polar surface area (TPSA) is 41.5 Å². The van der Waals surface area contributed by atoms with E-state index in [9.17, 15) is 0 Å². The Morgan fingerprint density at radius 3 is 2.77 bits per heavy atom. The molecule has 0 aromatic heterocycles. The molecule has 0 spiro atoms. The first-order chi connectivity index (χ1) is 6.26. The van der Waals surface area contributed by atoms with Crippen LogP contribution in [0.4, 0.5) is 0 Å². The first-order valence-corrected chi connectivity index (χ1v) is 5.22. The summed E-state index contributed by atoms with van der Waals surface area (Å²) in [6, 6.07) is 0.616. The van der Waals surface area contributed by atoms with E-state index >= 15 is 0 Å². The molecule has 0 aromatic carbocycles. The van der Waals surface area contributed by atoms with Gasteiger partial charge in [-0.05, 0) is 25.7 Å².